The number of alkyl halides is 3. The maximum atomic E-state index is 12.5. The Hall–Kier alpha value is -1.08. The maximum Gasteiger partial charge on any atom is 0.415 e. The number of nitrogens with two attached hydrogens (primary N) is 1. The second-order valence-corrected chi connectivity index (χ2v) is 5.68. The molecule has 1 aromatic heterocycles. The van der Waals surface area contributed by atoms with Gasteiger partial charge in [0.05, 0.1) is 6.54 Å². The number of hydrogen-bond donors (Lipinski definition) is 2. The van der Waals surface area contributed by atoms with Crippen molar-refractivity contribution in [2.24, 2.45) is 5.73 Å². The molecule has 7 heteroatoms. The van der Waals surface area contributed by atoms with Gasteiger partial charge >= 0.3 is 6.18 Å². The molecular formula is C11H15F3N2OS. The highest BCUT2D eigenvalue weighted by molar-refractivity contribution is 7.12. The van der Waals surface area contributed by atoms with Crippen LogP contribution in [0.25, 0.3) is 0 Å². The van der Waals surface area contributed by atoms with Crippen molar-refractivity contribution in [1.29, 1.82) is 0 Å². The van der Waals surface area contributed by atoms with Gasteiger partial charge in [0.1, 0.15) is 0 Å². The molecule has 3 nitrogen and oxygen atoms in total. The number of carbonyl (C=O) groups is 1. The van der Waals surface area contributed by atoms with Crippen molar-refractivity contribution in [1.82, 2.24) is 5.32 Å². The van der Waals surface area contributed by atoms with E-state index < -0.39 is 17.6 Å². The van der Waals surface area contributed by atoms with Crippen LogP contribution in [-0.2, 0) is 11.3 Å². The van der Waals surface area contributed by atoms with Crippen molar-refractivity contribution in [3.05, 3.63) is 21.4 Å². The van der Waals surface area contributed by atoms with Crippen molar-refractivity contribution in [3.8, 4) is 0 Å². The molecule has 0 aliphatic heterocycles. The van der Waals surface area contributed by atoms with Crippen molar-refractivity contribution in [2.45, 2.75) is 39.0 Å². The molecule has 0 fully saturated rings. The average molecular weight is 280 g/mol. The number of hydrogen-bond acceptors (Lipinski definition) is 3. The number of rotatable bonds is 3. The Morgan fingerprint density at radius 2 is 2.00 bits per heavy atom. The summed E-state index contributed by atoms with van der Waals surface area (Å²) in [6, 6.07) is 1.84. The fourth-order valence-corrected chi connectivity index (χ4v) is 2.21. The zero-order valence-electron chi connectivity index (χ0n) is 10.3. The van der Waals surface area contributed by atoms with Gasteiger partial charge in [0.2, 0.25) is 5.91 Å². The minimum atomic E-state index is -4.77. The summed E-state index contributed by atoms with van der Waals surface area (Å²) in [7, 11) is 0. The summed E-state index contributed by atoms with van der Waals surface area (Å²) in [6.45, 7) is 4.53. The first-order chi connectivity index (χ1) is 8.05. The molecule has 1 heterocycles. The highest BCUT2D eigenvalue weighted by atomic mass is 32.1. The highest BCUT2D eigenvalue weighted by Gasteiger charge is 2.53. The number of thiophene rings is 1. The Balaban J connectivity index is 2.67. The van der Waals surface area contributed by atoms with Crippen LogP contribution in [-0.4, -0.2) is 17.6 Å². The van der Waals surface area contributed by atoms with E-state index in [2.05, 4.69) is 5.32 Å². The molecule has 0 bridgehead atoms. The molecular weight excluding hydrogens is 265 g/mol. The number of amides is 1. The third-order valence-corrected chi connectivity index (χ3v) is 3.85. The first kappa shape index (κ1) is 15.0. The number of nitrogens with one attached hydrogen (secondary N) is 1. The van der Waals surface area contributed by atoms with Crippen LogP contribution in [0.3, 0.4) is 0 Å². The minimum absolute atomic E-state index is 0.0566. The lowest BCUT2D eigenvalue weighted by atomic mass is 10.0. The smallest absolute Gasteiger partial charge is 0.349 e. The van der Waals surface area contributed by atoms with Gasteiger partial charge in [0.15, 0.2) is 5.54 Å². The molecule has 18 heavy (non-hydrogen) atoms. The zero-order valence-corrected chi connectivity index (χ0v) is 11.1. The Morgan fingerprint density at radius 3 is 2.39 bits per heavy atom. The highest BCUT2D eigenvalue weighted by Crippen LogP contribution is 2.28. The molecule has 1 atom stereocenters. The summed E-state index contributed by atoms with van der Waals surface area (Å²) in [6.07, 6.45) is -4.77. The van der Waals surface area contributed by atoms with Crippen LogP contribution in [0, 0.1) is 13.8 Å². The van der Waals surface area contributed by atoms with E-state index in [0.717, 1.165) is 15.3 Å². The van der Waals surface area contributed by atoms with E-state index in [-0.39, 0.29) is 6.54 Å². The summed E-state index contributed by atoms with van der Waals surface area (Å²) >= 11 is 1.44. The Morgan fingerprint density at radius 1 is 1.44 bits per heavy atom. The summed E-state index contributed by atoms with van der Waals surface area (Å²) in [5, 5.41) is 2.21. The van der Waals surface area contributed by atoms with Gasteiger partial charge in [-0.1, -0.05) is 0 Å². The van der Waals surface area contributed by atoms with Gasteiger partial charge in [-0.2, -0.15) is 13.2 Å². The largest absolute Gasteiger partial charge is 0.415 e. The molecule has 1 unspecified atom stereocenters. The number of halogens is 3. The molecule has 0 aromatic carbocycles. The van der Waals surface area contributed by atoms with E-state index in [9.17, 15) is 18.0 Å². The lowest BCUT2D eigenvalue weighted by molar-refractivity contribution is -0.187. The van der Waals surface area contributed by atoms with Gasteiger partial charge < -0.3 is 11.1 Å². The minimum Gasteiger partial charge on any atom is -0.349 e. The molecule has 3 N–H and O–H groups in total. The second kappa shape index (κ2) is 4.89. The standard InChI is InChI=1S/C11H15F3N2OS/c1-6-4-8(18-7(6)2)5-16-9(17)10(3,15)11(12,13)14/h4H,5,15H2,1-3H3,(H,16,17). The lowest BCUT2D eigenvalue weighted by Gasteiger charge is -2.25. The zero-order chi connectivity index (χ0) is 14.1. The van der Waals surface area contributed by atoms with E-state index in [1.54, 1.807) is 0 Å². The van der Waals surface area contributed by atoms with E-state index in [0.29, 0.717) is 6.92 Å². The molecule has 1 rings (SSSR count). The molecule has 0 aliphatic carbocycles. The fourth-order valence-electron chi connectivity index (χ4n) is 1.22. The molecule has 102 valence electrons. The van der Waals surface area contributed by atoms with Crippen LogP contribution in [0.1, 0.15) is 22.2 Å². The third kappa shape index (κ3) is 3.02. The maximum absolute atomic E-state index is 12.5. The molecule has 1 amide bonds. The molecule has 0 saturated heterocycles. The molecule has 1 aromatic rings. The van der Waals surface area contributed by atoms with Crippen LogP contribution in [0.15, 0.2) is 6.07 Å². The van der Waals surface area contributed by atoms with E-state index in [4.69, 9.17) is 5.73 Å². The predicted molar refractivity (Wildman–Crippen MR) is 64.3 cm³/mol. The molecule has 0 aliphatic rings. The van der Waals surface area contributed by atoms with Crippen LogP contribution >= 0.6 is 11.3 Å². The molecule has 0 radical (unpaired) electrons. The van der Waals surface area contributed by atoms with Gasteiger partial charge in [0, 0.05) is 9.75 Å². The Bertz CT molecular complexity index is 432. The van der Waals surface area contributed by atoms with Crippen LogP contribution < -0.4 is 11.1 Å². The number of carbonyl (C=O) groups excluding carboxylic acids is 1. The Labute approximate surface area is 107 Å². The van der Waals surface area contributed by atoms with E-state index in [1.165, 1.54) is 11.3 Å². The quantitative estimate of drug-likeness (QED) is 0.892. The SMILES string of the molecule is Cc1cc(CNC(=O)C(C)(N)C(F)(F)F)sc1C. The van der Waals surface area contributed by atoms with Gasteiger partial charge in [-0.05, 0) is 32.4 Å². The van der Waals surface area contributed by atoms with Crippen LogP contribution in [0.5, 0.6) is 0 Å². The van der Waals surface area contributed by atoms with Gasteiger partial charge in [0.25, 0.3) is 0 Å². The van der Waals surface area contributed by atoms with Crippen LogP contribution in [0.2, 0.25) is 0 Å². The molecule has 0 saturated carbocycles. The molecule has 0 spiro atoms. The van der Waals surface area contributed by atoms with Crippen molar-refractivity contribution in [3.63, 3.8) is 0 Å². The van der Waals surface area contributed by atoms with Crippen molar-refractivity contribution < 1.29 is 18.0 Å². The summed E-state index contributed by atoms with van der Waals surface area (Å²) in [4.78, 5) is 13.3. The second-order valence-electron chi connectivity index (χ2n) is 4.33. The summed E-state index contributed by atoms with van der Waals surface area (Å²) in [5.41, 5.74) is 3.19. The average Bonchev–Trinajstić information content (AvgIpc) is 2.53. The lowest BCUT2D eigenvalue weighted by Crippen LogP contribution is -2.61. The third-order valence-electron chi connectivity index (χ3n) is 2.70. The van der Waals surface area contributed by atoms with E-state index in [1.807, 2.05) is 19.9 Å². The monoisotopic (exact) mass is 280 g/mol. The summed E-state index contributed by atoms with van der Waals surface area (Å²) < 4.78 is 37.5. The fraction of sp³-hybridized carbons (Fsp3) is 0.545. The van der Waals surface area contributed by atoms with Gasteiger partial charge in [-0.15, -0.1) is 11.3 Å². The number of aryl methyl sites for hydroxylation is 2. The normalized spacial score (nSPS) is 15.3. The first-order valence-electron chi connectivity index (χ1n) is 5.25. The predicted octanol–water partition coefficient (Wildman–Crippen LogP) is 2.26. The Kier molecular flexibility index (Phi) is 4.07. The first-order valence-corrected chi connectivity index (χ1v) is 6.07. The van der Waals surface area contributed by atoms with Gasteiger partial charge in [-0.25, -0.2) is 0 Å². The summed E-state index contributed by atoms with van der Waals surface area (Å²) in [5.74, 6) is -1.22. The van der Waals surface area contributed by atoms with Gasteiger partial charge in [-0.3, -0.25) is 4.79 Å². The topological polar surface area (TPSA) is 55.1 Å². The van der Waals surface area contributed by atoms with Crippen LogP contribution in [0.4, 0.5) is 13.2 Å². The van der Waals surface area contributed by atoms with E-state index >= 15 is 0 Å². The van der Waals surface area contributed by atoms with Crippen molar-refractivity contribution >= 4 is 17.2 Å². The van der Waals surface area contributed by atoms with Crippen molar-refractivity contribution in [2.75, 3.05) is 0 Å².